The summed E-state index contributed by atoms with van der Waals surface area (Å²) in [6.45, 7) is 5.66. The second-order valence-electron chi connectivity index (χ2n) is 4.76. The van der Waals surface area contributed by atoms with Crippen LogP contribution in [0.25, 0.3) is 5.57 Å². The molecule has 1 aromatic rings. The Labute approximate surface area is 107 Å². The smallest absolute Gasteiger partial charge is 0.171 e. The summed E-state index contributed by atoms with van der Waals surface area (Å²) in [4.78, 5) is 23.9. The molecule has 2 heteroatoms. The molecule has 0 heterocycles. The molecule has 0 amide bonds. The number of rotatable bonds is 1. The van der Waals surface area contributed by atoms with Gasteiger partial charge in [0.05, 0.1) is 6.42 Å². The molecule has 0 unspecified atom stereocenters. The Morgan fingerprint density at radius 1 is 0.889 bits per heavy atom. The van der Waals surface area contributed by atoms with E-state index < -0.39 is 0 Å². The Balaban J connectivity index is 2.65. The van der Waals surface area contributed by atoms with Gasteiger partial charge in [-0.15, -0.1) is 0 Å². The SMILES string of the molecule is CC(C)=C1C(=O)CC(=O)/C1=C(\C)c1ccccc1. The molecule has 0 aromatic heterocycles. The first-order valence-electron chi connectivity index (χ1n) is 6.03. The first kappa shape index (κ1) is 12.5. The van der Waals surface area contributed by atoms with Gasteiger partial charge in [-0.25, -0.2) is 0 Å². The Hall–Kier alpha value is -1.96. The van der Waals surface area contributed by atoms with Gasteiger partial charge < -0.3 is 0 Å². The Kier molecular flexibility index (Phi) is 3.28. The molecule has 1 saturated carbocycles. The molecule has 0 spiro atoms. The van der Waals surface area contributed by atoms with Gasteiger partial charge in [0.1, 0.15) is 0 Å². The molecule has 0 aliphatic heterocycles. The maximum absolute atomic E-state index is 12.0. The summed E-state index contributed by atoms with van der Waals surface area (Å²) in [6.07, 6.45) is 0.0139. The highest BCUT2D eigenvalue weighted by Gasteiger charge is 2.33. The number of ketones is 2. The summed E-state index contributed by atoms with van der Waals surface area (Å²) in [5.74, 6) is -0.108. The molecule has 1 fully saturated rings. The number of carbonyl (C=O) groups excluding carboxylic acids is 2. The van der Waals surface area contributed by atoms with Crippen molar-refractivity contribution in [1.29, 1.82) is 0 Å². The van der Waals surface area contributed by atoms with Crippen LogP contribution >= 0.6 is 0 Å². The number of hydrogen-bond acceptors (Lipinski definition) is 2. The predicted octanol–water partition coefficient (Wildman–Crippen LogP) is 3.34. The molecule has 18 heavy (non-hydrogen) atoms. The molecule has 1 aliphatic carbocycles. The molecular formula is C16H16O2. The first-order valence-corrected chi connectivity index (χ1v) is 6.03. The van der Waals surface area contributed by atoms with Crippen molar-refractivity contribution in [3.63, 3.8) is 0 Å². The van der Waals surface area contributed by atoms with Crippen molar-refractivity contribution in [2.45, 2.75) is 27.2 Å². The van der Waals surface area contributed by atoms with Gasteiger partial charge in [0.15, 0.2) is 11.6 Å². The van der Waals surface area contributed by atoms with Crippen LogP contribution in [-0.4, -0.2) is 11.6 Å². The number of allylic oxidation sites excluding steroid dienone is 4. The third-order valence-corrected chi connectivity index (χ3v) is 3.21. The monoisotopic (exact) mass is 240 g/mol. The number of carbonyl (C=O) groups is 2. The third kappa shape index (κ3) is 2.06. The number of benzene rings is 1. The van der Waals surface area contributed by atoms with Gasteiger partial charge in [-0.1, -0.05) is 35.9 Å². The zero-order chi connectivity index (χ0) is 13.3. The van der Waals surface area contributed by atoms with Gasteiger partial charge in [0, 0.05) is 11.1 Å². The standard InChI is InChI=1S/C16H16O2/c1-10(2)15-13(17)9-14(18)16(15)11(3)12-7-5-4-6-8-12/h4-8H,9H2,1-3H3/b16-11-. The lowest BCUT2D eigenvalue weighted by Crippen LogP contribution is -1.99. The summed E-state index contributed by atoms with van der Waals surface area (Å²) >= 11 is 0. The molecule has 1 aromatic carbocycles. The van der Waals surface area contributed by atoms with Gasteiger partial charge in [-0.05, 0) is 31.9 Å². The van der Waals surface area contributed by atoms with Crippen molar-refractivity contribution in [1.82, 2.24) is 0 Å². The fraction of sp³-hybridized carbons (Fsp3) is 0.250. The highest BCUT2D eigenvalue weighted by Crippen LogP contribution is 2.33. The van der Waals surface area contributed by atoms with Crippen LogP contribution in [0.2, 0.25) is 0 Å². The fourth-order valence-corrected chi connectivity index (χ4v) is 2.36. The van der Waals surface area contributed by atoms with Gasteiger partial charge in [0.25, 0.3) is 0 Å². The van der Waals surface area contributed by atoms with Crippen molar-refractivity contribution >= 4 is 17.1 Å². The summed E-state index contributed by atoms with van der Waals surface area (Å²) in [5.41, 5.74) is 4.01. The minimum Gasteiger partial charge on any atom is -0.294 e. The Bertz CT molecular complexity index is 570. The van der Waals surface area contributed by atoms with E-state index in [0.29, 0.717) is 11.1 Å². The van der Waals surface area contributed by atoms with E-state index in [-0.39, 0.29) is 18.0 Å². The van der Waals surface area contributed by atoms with E-state index >= 15 is 0 Å². The average Bonchev–Trinajstić information content (AvgIpc) is 2.64. The van der Waals surface area contributed by atoms with Crippen molar-refractivity contribution in [3.8, 4) is 0 Å². The molecule has 0 bridgehead atoms. The molecule has 0 saturated heterocycles. The minimum absolute atomic E-state index is 0.0139. The third-order valence-electron chi connectivity index (χ3n) is 3.21. The van der Waals surface area contributed by atoms with Gasteiger partial charge >= 0.3 is 0 Å². The van der Waals surface area contributed by atoms with Gasteiger partial charge in [-0.2, -0.15) is 0 Å². The maximum atomic E-state index is 12.0. The van der Waals surface area contributed by atoms with E-state index in [4.69, 9.17) is 0 Å². The van der Waals surface area contributed by atoms with Crippen LogP contribution in [0.4, 0.5) is 0 Å². The lowest BCUT2D eigenvalue weighted by molar-refractivity contribution is -0.120. The van der Waals surface area contributed by atoms with Crippen LogP contribution in [0.15, 0.2) is 47.1 Å². The topological polar surface area (TPSA) is 34.1 Å². The van der Waals surface area contributed by atoms with E-state index in [9.17, 15) is 9.59 Å². The largest absolute Gasteiger partial charge is 0.294 e. The van der Waals surface area contributed by atoms with Gasteiger partial charge in [-0.3, -0.25) is 9.59 Å². The summed E-state index contributed by atoms with van der Waals surface area (Å²) in [7, 11) is 0. The molecular weight excluding hydrogens is 224 g/mol. The molecule has 92 valence electrons. The zero-order valence-electron chi connectivity index (χ0n) is 10.9. The van der Waals surface area contributed by atoms with Crippen LogP contribution in [0.5, 0.6) is 0 Å². The molecule has 2 nitrogen and oxygen atoms in total. The van der Waals surface area contributed by atoms with Crippen molar-refractivity contribution in [2.24, 2.45) is 0 Å². The van der Waals surface area contributed by atoms with E-state index in [2.05, 4.69) is 0 Å². The van der Waals surface area contributed by atoms with Crippen LogP contribution in [0, 0.1) is 0 Å². The van der Waals surface area contributed by atoms with Crippen molar-refractivity contribution in [3.05, 3.63) is 52.6 Å². The lowest BCUT2D eigenvalue weighted by atomic mass is 9.95. The Morgan fingerprint density at radius 3 is 2.00 bits per heavy atom. The first-order chi connectivity index (χ1) is 8.52. The molecule has 0 radical (unpaired) electrons. The van der Waals surface area contributed by atoms with Crippen LogP contribution in [0.1, 0.15) is 32.8 Å². The van der Waals surface area contributed by atoms with Crippen molar-refractivity contribution in [2.75, 3.05) is 0 Å². The molecule has 2 rings (SSSR count). The second-order valence-corrected chi connectivity index (χ2v) is 4.76. The number of Topliss-reactive ketones (excluding diaryl/α,β-unsaturated/α-hetero) is 2. The Morgan fingerprint density at radius 2 is 1.44 bits per heavy atom. The normalized spacial score (nSPS) is 18.3. The molecule has 1 aliphatic rings. The summed E-state index contributed by atoms with van der Waals surface area (Å²) in [5, 5.41) is 0. The van der Waals surface area contributed by atoms with Crippen LogP contribution in [-0.2, 0) is 9.59 Å². The summed E-state index contributed by atoms with van der Waals surface area (Å²) in [6, 6.07) is 9.72. The number of hydrogen-bond donors (Lipinski definition) is 0. The second kappa shape index (κ2) is 4.73. The minimum atomic E-state index is -0.0578. The van der Waals surface area contributed by atoms with Gasteiger partial charge in [0.2, 0.25) is 0 Å². The van der Waals surface area contributed by atoms with E-state index in [0.717, 1.165) is 16.7 Å². The molecule has 0 atom stereocenters. The van der Waals surface area contributed by atoms with Crippen molar-refractivity contribution < 1.29 is 9.59 Å². The summed E-state index contributed by atoms with van der Waals surface area (Å²) < 4.78 is 0. The highest BCUT2D eigenvalue weighted by molar-refractivity contribution is 6.30. The van der Waals surface area contributed by atoms with Crippen LogP contribution in [0.3, 0.4) is 0 Å². The quantitative estimate of drug-likeness (QED) is 0.557. The van der Waals surface area contributed by atoms with E-state index in [1.807, 2.05) is 51.1 Å². The highest BCUT2D eigenvalue weighted by atomic mass is 16.2. The predicted molar refractivity (Wildman–Crippen MR) is 72.0 cm³/mol. The fourth-order valence-electron chi connectivity index (χ4n) is 2.36. The zero-order valence-corrected chi connectivity index (χ0v) is 10.9. The van der Waals surface area contributed by atoms with Crippen LogP contribution < -0.4 is 0 Å². The molecule has 0 N–H and O–H groups in total. The van der Waals surface area contributed by atoms with E-state index in [1.54, 1.807) is 0 Å². The van der Waals surface area contributed by atoms with E-state index in [1.165, 1.54) is 0 Å². The maximum Gasteiger partial charge on any atom is 0.171 e. The lowest BCUT2D eigenvalue weighted by Gasteiger charge is -2.08. The average molecular weight is 240 g/mol.